The van der Waals surface area contributed by atoms with Crippen LogP contribution < -0.4 is 5.32 Å². The van der Waals surface area contributed by atoms with Crippen molar-refractivity contribution in [3.05, 3.63) is 58.5 Å². The number of rotatable bonds is 6. The molecular weight excluding hydrogens is 351 g/mol. The van der Waals surface area contributed by atoms with Gasteiger partial charge in [0.2, 0.25) is 0 Å². The number of amides is 1. The van der Waals surface area contributed by atoms with Crippen molar-refractivity contribution in [3.63, 3.8) is 0 Å². The molecule has 6 nitrogen and oxygen atoms in total. The van der Waals surface area contributed by atoms with Crippen molar-refractivity contribution in [1.82, 2.24) is 20.3 Å². The lowest BCUT2D eigenvalue weighted by Gasteiger charge is -2.03. The Morgan fingerprint density at radius 2 is 2.17 bits per heavy atom. The van der Waals surface area contributed by atoms with E-state index in [9.17, 15) is 4.79 Å². The van der Waals surface area contributed by atoms with Gasteiger partial charge in [-0.05, 0) is 30.7 Å². The van der Waals surface area contributed by atoms with Crippen LogP contribution >= 0.6 is 23.2 Å². The summed E-state index contributed by atoms with van der Waals surface area (Å²) in [5.74, 6) is 0.119. The Bertz CT molecular complexity index is 830. The first-order valence-electron chi connectivity index (χ1n) is 7.31. The molecule has 24 heavy (non-hydrogen) atoms. The smallest absolute Gasteiger partial charge is 0.273 e. The third-order valence-electron chi connectivity index (χ3n) is 3.35. The van der Waals surface area contributed by atoms with Crippen LogP contribution in [0, 0.1) is 0 Å². The highest BCUT2D eigenvalue weighted by molar-refractivity contribution is 6.36. The van der Waals surface area contributed by atoms with Gasteiger partial charge in [0.25, 0.3) is 5.91 Å². The topological polar surface area (TPSA) is 73.0 Å². The first-order valence-corrected chi connectivity index (χ1v) is 8.07. The van der Waals surface area contributed by atoms with Gasteiger partial charge < -0.3 is 9.84 Å². The van der Waals surface area contributed by atoms with Crippen molar-refractivity contribution in [1.29, 1.82) is 0 Å². The van der Waals surface area contributed by atoms with E-state index in [4.69, 9.17) is 27.7 Å². The molecule has 0 unspecified atom stereocenters. The van der Waals surface area contributed by atoms with E-state index in [1.54, 1.807) is 30.5 Å². The average molecular weight is 365 g/mol. The molecule has 0 atom stereocenters. The van der Waals surface area contributed by atoms with Crippen molar-refractivity contribution in [2.75, 3.05) is 6.54 Å². The molecule has 1 aromatic carbocycles. The second-order valence-electron chi connectivity index (χ2n) is 5.08. The Kier molecular flexibility index (Phi) is 5.17. The summed E-state index contributed by atoms with van der Waals surface area (Å²) < 4.78 is 7.01. The van der Waals surface area contributed by atoms with E-state index < -0.39 is 0 Å². The van der Waals surface area contributed by atoms with E-state index in [-0.39, 0.29) is 11.6 Å². The van der Waals surface area contributed by atoms with Gasteiger partial charge in [-0.25, -0.2) is 0 Å². The Morgan fingerprint density at radius 1 is 1.29 bits per heavy atom. The van der Waals surface area contributed by atoms with Gasteiger partial charge in [-0.15, -0.1) is 0 Å². The molecule has 3 rings (SSSR count). The summed E-state index contributed by atoms with van der Waals surface area (Å²) in [4.78, 5) is 12.1. The number of benzene rings is 1. The first-order chi connectivity index (χ1) is 11.6. The maximum Gasteiger partial charge on any atom is 0.273 e. The molecule has 0 aliphatic carbocycles. The maximum absolute atomic E-state index is 12.1. The predicted molar refractivity (Wildman–Crippen MR) is 91.1 cm³/mol. The number of carbonyl (C=O) groups is 1. The largest absolute Gasteiger partial charge is 0.355 e. The maximum atomic E-state index is 12.1. The van der Waals surface area contributed by atoms with Crippen LogP contribution in [-0.2, 0) is 6.54 Å². The molecule has 2 aromatic heterocycles. The van der Waals surface area contributed by atoms with Gasteiger partial charge in [0.05, 0.1) is 5.02 Å². The highest BCUT2D eigenvalue weighted by atomic mass is 35.5. The zero-order valence-electron chi connectivity index (χ0n) is 12.6. The number of nitrogens with zero attached hydrogens (tertiary/aromatic N) is 3. The van der Waals surface area contributed by atoms with Crippen molar-refractivity contribution in [3.8, 4) is 11.3 Å². The Balaban J connectivity index is 1.57. The lowest BCUT2D eigenvalue weighted by Crippen LogP contribution is -2.25. The summed E-state index contributed by atoms with van der Waals surface area (Å²) in [6, 6.07) is 8.43. The van der Waals surface area contributed by atoms with Crippen molar-refractivity contribution in [2.45, 2.75) is 13.0 Å². The predicted octanol–water partition coefficient (Wildman–Crippen LogP) is 3.67. The molecule has 8 heteroatoms. The molecule has 0 spiro atoms. The fourth-order valence-electron chi connectivity index (χ4n) is 2.16. The molecule has 3 aromatic rings. The number of hydrogen-bond acceptors (Lipinski definition) is 4. The Morgan fingerprint density at radius 3 is 2.92 bits per heavy atom. The van der Waals surface area contributed by atoms with Gasteiger partial charge in [-0.1, -0.05) is 28.4 Å². The number of halogens is 2. The summed E-state index contributed by atoms with van der Waals surface area (Å²) in [5.41, 5.74) is 0.835. The third kappa shape index (κ3) is 3.96. The molecule has 2 heterocycles. The molecule has 0 radical (unpaired) electrons. The zero-order chi connectivity index (χ0) is 16.9. The summed E-state index contributed by atoms with van der Waals surface area (Å²) in [6.45, 7) is 1.25. The SMILES string of the molecule is O=C(NCCCn1cccn1)c1cc(-c2ccc(Cl)cc2Cl)on1. The minimum Gasteiger partial charge on any atom is -0.355 e. The van der Waals surface area contributed by atoms with Crippen molar-refractivity contribution in [2.24, 2.45) is 0 Å². The van der Waals surface area contributed by atoms with E-state index in [1.807, 2.05) is 16.9 Å². The van der Waals surface area contributed by atoms with Gasteiger partial charge in [-0.3, -0.25) is 9.48 Å². The summed E-state index contributed by atoms with van der Waals surface area (Å²) in [7, 11) is 0. The highest BCUT2D eigenvalue weighted by Gasteiger charge is 2.15. The zero-order valence-corrected chi connectivity index (χ0v) is 14.1. The van der Waals surface area contributed by atoms with Crippen molar-refractivity contribution < 1.29 is 9.32 Å². The minimum absolute atomic E-state index is 0.204. The van der Waals surface area contributed by atoms with Gasteiger partial charge in [0.15, 0.2) is 11.5 Å². The Hall–Kier alpha value is -2.31. The van der Waals surface area contributed by atoms with Crippen LogP contribution in [0.2, 0.25) is 10.0 Å². The number of carbonyl (C=O) groups excluding carboxylic acids is 1. The average Bonchev–Trinajstić information content (AvgIpc) is 3.23. The number of aromatic nitrogens is 3. The minimum atomic E-state index is -0.296. The molecule has 0 aliphatic heterocycles. The molecule has 0 aliphatic rings. The van der Waals surface area contributed by atoms with Gasteiger partial charge >= 0.3 is 0 Å². The van der Waals surface area contributed by atoms with E-state index in [0.29, 0.717) is 27.9 Å². The lowest BCUT2D eigenvalue weighted by atomic mass is 10.1. The summed E-state index contributed by atoms with van der Waals surface area (Å²) >= 11 is 12.0. The fraction of sp³-hybridized carbons (Fsp3) is 0.188. The molecule has 0 fully saturated rings. The van der Waals surface area contributed by atoms with E-state index in [1.165, 1.54) is 0 Å². The molecule has 0 saturated heterocycles. The number of hydrogen-bond donors (Lipinski definition) is 1. The molecule has 0 bridgehead atoms. The number of nitrogens with one attached hydrogen (secondary N) is 1. The summed E-state index contributed by atoms with van der Waals surface area (Å²) in [5, 5.41) is 11.6. The molecule has 1 amide bonds. The van der Waals surface area contributed by atoms with Crippen LogP contribution in [0.15, 0.2) is 47.2 Å². The van der Waals surface area contributed by atoms with E-state index in [0.717, 1.165) is 13.0 Å². The van der Waals surface area contributed by atoms with Gasteiger partial charge in [0.1, 0.15) is 0 Å². The molecule has 124 valence electrons. The molecular formula is C16H14Cl2N4O2. The normalized spacial score (nSPS) is 10.8. The second kappa shape index (κ2) is 7.51. The van der Waals surface area contributed by atoms with Crippen LogP contribution in [0.25, 0.3) is 11.3 Å². The summed E-state index contributed by atoms with van der Waals surface area (Å²) in [6.07, 6.45) is 4.36. The van der Waals surface area contributed by atoms with E-state index in [2.05, 4.69) is 15.6 Å². The first kappa shape index (κ1) is 16.5. The van der Waals surface area contributed by atoms with Crippen LogP contribution in [0.1, 0.15) is 16.9 Å². The number of aryl methyl sites for hydroxylation is 1. The third-order valence-corrected chi connectivity index (χ3v) is 3.90. The Labute approximate surface area is 148 Å². The van der Waals surface area contributed by atoms with Crippen LogP contribution in [0.3, 0.4) is 0 Å². The molecule has 0 saturated carbocycles. The van der Waals surface area contributed by atoms with Crippen LogP contribution in [-0.4, -0.2) is 27.4 Å². The van der Waals surface area contributed by atoms with E-state index >= 15 is 0 Å². The monoisotopic (exact) mass is 364 g/mol. The fourth-order valence-corrected chi connectivity index (χ4v) is 2.67. The highest BCUT2D eigenvalue weighted by Crippen LogP contribution is 2.30. The quantitative estimate of drug-likeness (QED) is 0.677. The van der Waals surface area contributed by atoms with Crippen molar-refractivity contribution >= 4 is 29.1 Å². The second-order valence-corrected chi connectivity index (χ2v) is 5.92. The lowest BCUT2D eigenvalue weighted by molar-refractivity contribution is 0.0943. The standard InChI is InChI=1S/C16H14Cl2N4O2/c17-11-3-4-12(13(18)9-11)15-10-14(21-24-15)16(23)19-5-1-7-22-8-2-6-20-22/h2-4,6,8-10H,1,5,7H2,(H,19,23). The van der Waals surface area contributed by atoms with Crippen LogP contribution in [0.5, 0.6) is 0 Å². The van der Waals surface area contributed by atoms with Gasteiger partial charge in [0, 0.05) is 42.1 Å². The molecule has 1 N–H and O–H groups in total. The van der Waals surface area contributed by atoms with Crippen LogP contribution in [0.4, 0.5) is 0 Å². The van der Waals surface area contributed by atoms with Gasteiger partial charge in [-0.2, -0.15) is 5.10 Å².